The average Bonchev–Trinajstić information content (AvgIpc) is 2.99. The number of hydrogen-bond donors (Lipinski definition) is 3. The normalized spacial score (nSPS) is 13.9. The molecule has 1 saturated carbocycles. The first-order valence-corrected chi connectivity index (χ1v) is 16.6. The Hall–Kier alpha value is -4.22. The van der Waals surface area contributed by atoms with Gasteiger partial charge in [0.1, 0.15) is 18.2 Å². The van der Waals surface area contributed by atoms with Crippen LogP contribution in [0.2, 0.25) is 0 Å². The fourth-order valence-corrected chi connectivity index (χ4v) is 6.00. The molecule has 248 valence electrons. The Bertz CT molecular complexity index is 1690. The van der Waals surface area contributed by atoms with Gasteiger partial charge in [-0.2, -0.15) is 4.98 Å². The molecule has 0 amide bonds. The van der Waals surface area contributed by atoms with Gasteiger partial charge < -0.3 is 19.9 Å². The van der Waals surface area contributed by atoms with Gasteiger partial charge in [0.05, 0.1) is 29.3 Å². The minimum atomic E-state index is -0.997. The lowest BCUT2D eigenvalue weighted by atomic mass is 9.88. The van der Waals surface area contributed by atoms with E-state index in [0.717, 1.165) is 42.4 Å². The average molecular weight is 660 g/mol. The number of nitrogens with zero attached hydrogens (tertiary/aromatic N) is 3. The molecule has 4 aromatic rings. The fourth-order valence-electron chi connectivity index (χ4n) is 5.37. The summed E-state index contributed by atoms with van der Waals surface area (Å²) >= 11 is 1.22. The van der Waals surface area contributed by atoms with E-state index in [1.165, 1.54) is 18.0 Å². The van der Waals surface area contributed by atoms with Crippen LogP contribution >= 0.6 is 11.9 Å². The standard InChI is InChI=1S/C36H42FN5O4S/c1-22-9-6-10-23(2)33(22)30-17-32(41-35(40-30)42-47-28-14-7-11-24(15-28)34(43)44)45-21-25(18-36(3,4)5)38-20-31-29(37)16-27(19-39-31)46-26-12-8-13-26/h6-7,9-11,14-17,19,25-26,38H,8,12-13,18,20-21H2,1-5H3,(H,43,44)(H,40,41,42)/t25-/m1/s1. The molecule has 0 radical (unpaired) electrons. The Morgan fingerprint density at radius 3 is 2.49 bits per heavy atom. The number of rotatable bonds is 14. The van der Waals surface area contributed by atoms with Gasteiger partial charge in [-0.1, -0.05) is 45.0 Å². The van der Waals surface area contributed by atoms with Crippen molar-refractivity contribution in [2.75, 3.05) is 11.3 Å². The zero-order valence-corrected chi connectivity index (χ0v) is 28.3. The number of pyridine rings is 1. The van der Waals surface area contributed by atoms with E-state index in [2.05, 4.69) is 40.8 Å². The van der Waals surface area contributed by atoms with Crippen LogP contribution in [0, 0.1) is 25.1 Å². The zero-order chi connectivity index (χ0) is 33.6. The van der Waals surface area contributed by atoms with Gasteiger partial charge in [0, 0.05) is 35.2 Å². The van der Waals surface area contributed by atoms with Crippen LogP contribution in [0.5, 0.6) is 11.6 Å². The summed E-state index contributed by atoms with van der Waals surface area (Å²) in [7, 11) is 0. The summed E-state index contributed by atoms with van der Waals surface area (Å²) in [6, 6.07) is 15.8. The van der Waals surface area contributed by atoms with Gasteiger partial charge in [-0.05, 0) is 86.2 Å². The Morgan fingerprint density at radius 1 is 1.09 bits per heavy atom. The quantitative estimate of drug-likeness (QED) is 0.115. The molecule has 0 saturated heterocycles. The van der Waals surface area contributed by atoms with Crippen molar-refractivity contribution < 1.29 is 23.8 Å². The lowest BCUT2D eigenvalue weighted by Gasteiger charge is -2.27. The van der Waals surface area contributed by atoms with Crippen LogP contribution in [0.1, 0.15) is 73.6 Å². The summed E-state index contributed by atoms with van der Waals surface area (Å²) in [5.74, 6) is -0.236. The van der Waals surface area contributed by atoms with Crippen LogP contribution in [0.4, 0.5) is 10.3 Å². The molecule has 0 aliphatic heterocycles. The molecule has 0 bridgehead atoms. The monoisotopic (exact) mass is 659 g/mol. The SMILES string of the molecule is Cc1cccc(C)c1-c1cc(OC[C@@H](CC(C)(C)C)NCc2ncc(OC3CCC3)cc2F)nc(NSc2cccc(C(=O)O)c2)n1. The molecule has 0 unspecified atom stereocenters. The van der Waals surface area contributed by atoms with Crippen molar-refractivity contribution in [3.05, 3.63) is 89.0 Å². The topological polar surface area (TPSA) is 118 Å². The number of aromatic carboxylic acids is 1. The minimum absolute atomic E-state index is 0.0313. The number of carboxylic acid groups (broad SMARTS) is 1. The second kappa shape index (κ2) is 15.1. The number of halogens is 1. The summed E-state index contributed by atoms with van der Waals surface area (Å²) in [5, 5.41) is 12.8. The van der Waals surface area contributed by atoms with E-state index in [-0.39, 0.29) is 36.3 Å². The molecular formula is C36H42FN5O4S. The molecule has 1 aliphatic carbocycles. The highest BCUT2D eigenvalue weighted by Crippen LogP contribution is 2.31. The van der Waals surface area contributed by atoms with Crippen LogP contribution in [0.3, 0.4) is 0 Å². The molecule has 3 N–H and O–H groups in total. The van der Waals surface area contributed by atoms with Crippen molar-refractivity contribution in [1.82, 2.24) is 20.3 Å². The second-order valence-electron chi connectivity index (χ2n) is 13.1. The Kier molecular flexibility index (Phi) is 11.0. The molecule has 11 heteroatoms. The maximum Gasteiger partial charge on any atom is 0.335 e. The maximum absolute atomic E-state index is 15.0. The largest absolute Gasteiger partial charge is 0.489 e. The maximum atomic E-state index is 15.0. The van der Waals surface area contributed by atoms with Gasteiger partial charge in [-0.15, -0.1) is 0 Å². The van der Waals surface area contributed by atoms with Crippen LogP contribution < -0.4 is 19.5 Å². The first-order chi connectivity index (χ1) is 22.4. The molecule has 1 fully saturated rings. The number of carboxylic acids is 1. The first-order valence-electron chi connectivity index (χ1n) is 15.8. The lowest BCUT2D eigenvalue weighted by Crippen LogP contribution is -2.38. The van der Waals surface area contributed by atoms with Crippen LogP contribution in [-0.2, 0) is 6.54 Å². The summed E-state index contributed by atoms with van der Waals surface area (Å²) in [4.78, 5) is 25.9. The number of anilines is 1. The third-order valence-corrected chi connectivity index (χ3v) is 8.65. The zero-order valence-electron chi connectivity index (χ0n) is 27.5. The van der Waals surface area contributed by atoms with Gasteiger partial charge in [0.15, 0.2) is 0 Å². The molecule has 2 aromatic heterocycles. The minimum Gasteiger partial charge on any atom is -0.489 e. The molecule has 0 spiro atoms. The molecule has 2 aromatic carbocycles. The number of aryl methyl sites for hydroxylation is 2. The molecule has 1 aliphatic rings. The molecule has 9 nitrogen and oxygen atoms in total. The van der Waals surface area contributed by atoms with E-state index in [1.807, 2.05) is 44.2 Å². The molecule has 2 heterocycles. The molecule has 47 heavy (non-hydrogen) atoms. The highest BCUT2D eigenvalue weighted by Gasteiger charge is 2.22. The molecule has 5 rings (SSSR count). The predicted molar refractivity (Wildman–Crippen MR) is 182 cm³/mol. The number of benzene rings is 2. The van der Waals surface area contributed by atoms with Gasteiger partial charge in [-0.3, -0.25) is 9.71 Å². The van der Waals surface area contributed by atoms with E-state index in [0.29, 0.717) is 33.9 Å². The lowest BCUT2D eigenvalue weighted by molar-refractivity contribution is 0.0696. The number of ether oxygens (including phenoxy) is 2. The van der Waals surface area contributed by atoms with Crippen molar-refractivity contribution in [2.45, 2.75) is 83.9 Å². The van der Waals surface area contributed by atoms with Gasteiger partial charge in [-0.25, -0.2) is 14.2 Å². The van der Waals surface area contributed by atoms with Gasteiger partial charge in [0.25, 0.3) is 0 Å². The van der Waals surface area contributed by atoms with Crippen molar-refractivity contribution in [1.29, 1.82) is 0 Å². The van der Waals surface area contributed by atoms with Crippen molar-refractivity contribution in [3.8, 4) is 22.9 Å². The van der Waals surface area contributed by atoms with Crippen molar-refractivity contribution in [2.24, 2.45) is 5.41 Å². The fraction of sp³-hybridized carbons (Fsp3) is 0.389. The summed E-state index contributed by atoms with van der Waals surface area (Å²) in [5.41, 5.74) is 4.29. The van der Waals surface area contributed by atoms with E-state index in [1.54, 1.807) is 24.4 Å². The highest BCUT2D eigenvalue weighted by molar-refractivity contribution is 8.00. The summed E-state index contributed by atoms with van der Waals surface area (Å²) < 4.78 is 30.3. The predicted octanol–water partition coefficient (Wildman–Crippen LogP) is 8.02. The summed E-state index contributed by atoms with van der Waals surface area (Å²) in [6.07, 6.45) is 5.63. The van der Waals surface area contributed by atoms with E-state index >= 15 is 0 Å². The van der Waals surface area contributed by atoms with E-state index < -0.39 is 11.8 Å². The third-order valence-electron chi connectivity index (χ3n) is 7.88. The molecular weight excluding hydrogens is 617 g/mol. The first kappa shape index (κ1) is 34.1. The Labute approximate surface area is 279 Å². The Morgan fingerprint density at radius 2 is 1.83 bits per heavy atom. The second-order valence-corrected chi connectivity index (χ2v) is 14.0. The number of carbonyl (C=O) groups is 1. The third kappa shape index (κ3) is 9.65. The van der Waals surface area contributed by atoms with Gasteiger partial charge >= 0.3 is 5.97 Å². The number of nitrogens with one attached hydrogen (secondary N) is 2. The summed E-state index contributed by atoms with van der Waals surface area (Å²) in [6.45, 7) is 11.0. The van der Waals surface area contributed by atoms with E-state index in [9.17, 15) is 14.3 Å². The van der Waals surface area contributed by atoms with Crippen LogP contribution in [0.25, 0.3) is 11.3 Å². The van der Waals surface area contributed by atoms with Crippen molar-refractivity contribution >= 4 is 23.9 Å². The van der Waals surface area contributed by atoms with Crippen LogP contribution in [-0.4, -0.2) is 44.8 Å². The van der Waals surface area contributed by atoms with Crippen molar-refractivity contribution in [3.63, 3.8) is 0 Å². The Balaban J connectivity index is 1.33. The van der Waals surface area contributed by atoms with E-state index in [4.69, 9.17) is 14.5 Å². The number of hydrogen-bond acceptors (Lipinski definition) is 9. The number of aromatic nitrogens is 3. The van der Waals surface area contributed by atoms with Crippen LogP contribution in [0.15, 0.2) is 65.7 Å². The van der Waals surface area contributed by atoms with Gasteiger partial charge in [0.2, 0.25) is 11.8 Å². The highest BCUT2D eigenvalue weighted by atomic mass is 32.2. The molecule has 1 atom stereocenters. The smallest absolute Gasteiger partial charge is 0.335 e.